The van der Waals surface area contributed by atoms with Crippen molar-refractivity contribution >= 4 is 21.6 Å². The summed E-state index contributed by atoms with van der Waals surface area (Å²) in [6.45, 7) is 6.68. The van der Waals surface area contributed by atoms with Crippen LogP contribution in [0.25, 0.3) is 0 Å². The Balaban J connectivity index is 1.64. The molecule has 1 fully saturated rings. The average Bonchev–Trinajstić information content (AvgIpc) is 3.18. The van der Waals surface area contributed by atoms with E-state index in [1.165, 1.54) is 0 Å². The van der Waals surface area contributed by atoms with Crippen LogP contribution in [0.15, 0.2) is 47.4 Å². The van der Waals surface area contributed by atoms with E-state index in [0.29, 0.717) is 19.4 Å². The summed E-state index contributed by atoms with van der Waals surface area (Å²) in [5.41, 5.74) is 2.03. The van der Waals surface area contributed by atoms with E-state index < -0.39 is 15.6 Å². The molecule has 0 bridgehead atoms. The fraction of sp³-hybridized carbons (Fsp3) is 0.458. The fourth-order valence-corrected chi connectivity index (χ4v) is 5.96. The fourth-order valence-electron chi connectivity index (χ4n) is 4.66. The number of ether oxygens (including phenoxy) is 1. The van der Waals surface area contributed by atoms with Crippen molar-refractivity contribution in [2.24, 2.45) is 0 Å². The first kappa shape index (κ1) is 21.8. The zero-order valence-corrected chi connectivity index (χ0v) is 19.2. The summed E-state index contributed by atoms with van der Waals surface area (Å²) in [7, 11) is -3.75. The highest BCUT2D eigenvalue weighted by Gasteiger charge is 2.40. The molecule has 0 radical (unpaired) electrons. The van der Waals surface area contributed by atoms with E-state index in [-0.39, 0.29) is 16.8 Å². The van der Waals surface area contributed by atoms with Crippen LogP contribution in [-0.4, -0.2) is 26.5 Å². The van der Waals surface area contributed by atoms with E-state index in [2.05, 4.69) is 18.6 Å². The van der Waals surface area contributed by atoms with E-state index in [1.807, 2.05) is 31.2 Å². The minimum atomic E-state index is -3.75. The first-order valence-corrected chi connectivity index (χ1v) is 12.5. The van der Waals surface area contributed by atoms with Gasteiger partial charge in [0.15, 0.2) is 0 Å². The molecular weight excluding hydrogens is 412 g/mol. The number of amides is 1. The van der Waals surface area contributed by atoms with Crippen LogP contribution in [0, 0.1) is 6.92 Å². The summed E-state index contributed by atoms with van der Waals surface area (Å²) < 4.78 is 35.9. The molecule has 0 spiro atoms. The van der Waals surface area contributed by atoms with Crippen molar-refractivity contribution in [2.75, 3.05) is 11.4 Å². The molecule has 6 nitrogen and oxygen atoms in total. The highest BCUT2D eigenvalue weighted by Crippen LogP contribution is 2.43. The molecule has 1 amide bonds. The Morgan fingerprint density at radius 2 is 1.90 bits per heavy atom. The third kappa shape index (κ3) is 4.08. The Bertz CT molecular complexity index is 1090. The number of aryl methyl sites for hydroxylation is 1. The van der Waals surface area contributed by atoms with Crippen LogP contribution >= 0.6 is 0 Å². The molecule has 7 heteroatoms. The number of carbonyl (C=O) groups excluding carboxylic acids is 1. The number of para-hydroxylation sites is 1. The van der Waals surface area contributed by atoms with E-state index in [0.717, 1.165) is 41.8 Å². The predicted octanol–water partition coefficient (Wildman–Crippen LogP) is 4.48. The number of rotatable bonds is 6. The summed E-state index contributed by atoms with van der Waals surface area (Å²) in [5, 5.41) is 0. The Morgan fingerprint density at radius 3 is 2.55 bits per heavy atom. The van der Waals surface area contributed by atoms with Gasteiger partial charge >= 0.3 is 0 Å². The average molecular weight is 443 g/mol. The number of hydrogen-bond donors (Lipinski definition) is 1. The van der Waals surface area contributed by atoms with Crippen LogP contribution in [0.2, 0.25) is 0 Å². The summed E-state index contributed by atoms with van der Waals surface area (Å²) >= 11 is 0. The maximum atomic E-state index is 13.3. The number of fused-ring (bicyclic) bond motifs is 1. The minimum absolute atomic E-state index is 0.0890. The third-order valence-electron chi connectivity index (χ3n) is 6.63. The van der Waals surface area contributed by atoms with E-state index in [4.69, 9.17) is 4.74 Å². The van der Waals surface area contributed by atoms with Crippen LogP contribution in [0.1, 0.15) is 63.1 Å². The summed E-state index contributed by atoms with van der Waals surface area (Å²) in [6, 6.07) is 12.3. The summed E-state index contributed by atoms with van der Waals surface area (Å²) in [4.78, 5) is 14.0. The van der Waals surface area contributed by atoms with Crippen LogP contribution in [0.3, 0.4) is 0 Å². The second-order valence-corrected chi connectivity index (χ2v) is 10.2. The lowest BCUT2D eigenvalue weighted by atomic mass is 9.84. The third-order valence-corrected chi connectivity index (χ3v) is 8.10. The van der Waals surface area contributed by atoms with Crippen molar-refractivity contribution in [1.29, 1.82) is 0 Å². The Kier molecular flexibility index (Phi) is 5.83. The van der Waals surface area contributed by atoms with Gasteiger partial charge < -0.3 is 9.64 Å². The van der Waals surface area contributed by atoms with Crippen molar-refractivity contribution in [2.45, 2.75) is 69.4 Å². The Morgan fingerprint density at radius 1 is 1.16 bits per heavy atom. The molecule has 0 saturated carbocycles. The number of nitrogens with one attached hydrogen (secondary N) is 1. The highest BCUT2D eigenvalue weighted by molar-refractivity contribution is 7.89. The molecule has 2 aliphatic heterocycles. The van der Waals surface area contributed by atoms with Gasteiger partial charge in [0.2, 0.25) is 15.9 Å². The number of carbonyl (C=O) groups is 1. The molecule has 0 aliphatic carbocycles. The molecule has 1 atom stereocenters. The van der Waals surface area contributed by atoms with Gasteiger partial charge in [-0.2, -0.15) is 0 Å². The molecule has 2 aromatic rings. The highest BCUT2D eigenvalue weighted by atomic mass is 32.2. The maximum absolute atomic E-state index is 13.3. The normalized spacial score (nSPS) is 20.4. The van der Waals surface area contributed by atoms with Crippen molar-refractivity contribution in [3.8, 4) is 5.75 Å². The van der Waals surface area contributed by atoms with Gasteiger partial charge in [-0.25, -0.2) is 13.1 Å². The summed E-state index contributed by atoms with van der Waals surface area (Å²) in [6.07, 6.45) is 3.55. The van der Waals surface area contributed by atoms with E-state index in [1.54, 1.807) is 23.1 Å². The van der Waals surface area contributed by atoms with Crippen LogP contribution < -0.4 is 14.4 Å². The van der Waals surface area contributed by atoms with E-state index >= 15 is 0 Å². The second-order valence-electron chi connectivity index (χ2n) is 8.51. The van der Waals surface area contributed by atoms with Crippen LogP contribution in [0.4, 0.5) is 5.69 Å². The molecule has 4 rings (SSSR count). The Labute approximate surface area is 184 Å². The molecule has 2 aliphatic rings. The molecule has 1 saturated heterocycles. The van der Waals surface area contributed by atoms with Gasteiger partial charge in [0.25, 0.3) is 0 Å². The van der Waals surface area contributed by atoms with Gasteiger partial charge in [0, 0.05) is 30.6 Å². The molecule has 0 aromatic heterocycles. The summed E-state index contributed by atoms with van der Waals surface area (Å²) in [5.74, 6) is 0.829. The number of hydrogen-bond acceptors (Lipinski definition) is 4. The zero-order chi connectivity index (χ0) is 22.2. The van der Waals surface area contributed by atoms with Gasteiger partial charge in [-0.3, -0.25) is 4.79 Å². The molecule has 2 aromatic carbocycles. The number of nitrogens with zero attached hydrogens (tertiary/aromatic N) is 1. The monoisotopic (exact) mass is 442 g/mol. The lowest BCUT2D eigenvalue weighted by Gasteiger charge is -2.41. The topological polar surface area (TPSA) is 75.7 Å². The lowest BCUT2D eigenvalue weighted by molar-refractivity contribution is -0.117. The first-order valence-electron chi connectivity index (χ1n) is 11.0. The largest absolute Gasteiger partial charge is 0.487 e. The van der Waals surface area contributed by atoms with Crippen molar-refractivity contribution < 1.29 is 17.9 Å². The van der Waals surface area contributed by atoms with Crippen molar-refractivity contribution in [1.82, 2.24) is 4.72 Å². The SMILES string of the molecule is CCC1(CC)C[C@H](NS(=O)(=O)c2ccc(N3CCCC3=O)c(C)c2)c2ccccc2O1. The zero-order valence-electron chi connectivity index (χ0n) is 18.3. The van der Waals surface area contributed by atoms with Crippen LogP contribution in [-0.2, 0) is 14.8 Å². The van der Waals surface area contributed by atoms with Gasteiger partial charge in [0.1, 0.15) is 11.4 Å². The van der Waals surface area contributed by atoms with Gasteiger partial charge in [-0.1, -0.05) is 32.0 Å². The van der Waals surface area contributed by atoms with E-state index in [9.17, 15) is 13.2 Å². The lowest BCUT2D eigenvalue weighted by Crippen LogP contribution is -2.44. The Hall–Kier alpha value is -2.38. The number of sulfonamides is 1. The molecule has 1 N–H and O–H groups in total. The standard InChI is InChI=1S/C24H30N2O4S/c1-4-24(5-2)16-20(19-9-6-7-10-22(19)30-24)25-31(28,29)18-12-13-21(17(3)15-18)26-14-8-11-23(26)27/h6-7,9-10,12-13,15,20,25H,4-5,8,11,14,16H2,1-3H3/t20-/m0/s1. The number of anilines is 1. The van der Waals surface area contributed by atoms with Crippen molar-refractivity contribution in [3.05, 3.63) is 53.6 Å². The first-order chi connectivity index (χ1) is 14.8. The van der Waals surface area contributed by atoms with Crippen molar-refractivity contribution in [3.63, 3.8) is 0 Å². The second kappa shape index (κ2) is 8.28. The molecule has 31 heavy (non-hydrogen) atoms. The molecular formula is C24H30N2O4S. The minimum Gasteiger partial charge on any atom is -0.487 e. The van der Waals surface area contributed by atoms with Gasteiger partial charge in [-0.15, -0.1) is 0 Å². The molecule has 2 heterocycles. The van der Waals surface area contributed by atoms with Crippen LogP contribution in [0.5, 0.6) is 5.75 Å². The quantitative estimate of drug-likeness (QED) is 0.716. The number of benzene rings is 2. The smallest absolute Gasteiger partial charge is 0.241 e. The van der Waals surface area contributed by atoms with Gasteiger partial charge in [0.05, 0.1) is 10.9 Å². The molecule has 0 unspecified atom stereocenters. The molecule has 166 valence electrons. The maximum Gasteiger partial charge on any atom is 0.241 e. The predicted molar refractivity (Wildman–Crippen MR) is 121 cm³/mol. The van der Waals surface area contributed by atoms with Gasteiger partial charge in [-0.05, 0) is 56.0 Å².